The fourth-order valence-corrected chi connectivity index (χ4v) is 25.1. The van der Waals surface area contributed by atoms with E-state index in [1.54, 1.807) is 48.9 Å². The Morgan fingerprint density at radius 3 is 0.742 bits per heavy atom. The fourth-order valence-electron chi connectivity index (χ4n) is 9.28. The van der Waals surface area contributed by atoms with E-state index in [4.69, 9.17) is 0 Å². The molecule has 6 rings (SSSR count). The summed E-state index contributed by atoms with van der Waals surface area (Å²) in [5.74, 6) is 4.45. The summed E-state index contributed by atoms with van der Waals surface area (Å²) in [6, 6.07) is 48.6. The van der Waals surface area contributed by atoms with Crippen LogP contribution in [0.25, 0.3) is 0 Å². The summed E-state index contributed by atoms with van der Waals surface area (Å²) in [6.07, 6.45) is 0. The Morgan fingerprint density at radius 2 is 0.530 bits per heavy atom. The summed E-state index contributed by atoms with van der Waals surface area (Å²) in [6.45, 7) is 43.5. The average molecular weight is 1020 g/mol. The van der Waals surface area contributed by atoms with Gasteiger partial charge in [0.25, 0.3) is 0 Å². The van der Waals surface area contributed by atoms with Gasteiger partial charge in [-0.3, -0.25) is 0 Å². The van der Waals surface area contributed by atoms with Gasteiger partial charge in [-0.25, -0.2) is 0 Å². The first-order valence-electron chi connectivity index (χ1n) is 25.4. The van der Waals surface area contributed by atoms with Gasteiger partial charge in [0.05, 0.1) is 7.89 Å². The van der Waals surface area contributed by atoms with Gasteiger partial charge in [-0.2, -0.15) is 0 Å². The second kappa shape index (κ2) is 24.2. The zero-order chi connectivity index (χ0) is 48.6. The molecule has 0 aliphatic heterocycles. The van der Waals surface area contributed by atoms with Crippen LogP contribution in [0.4, 0.5) is 0 Å². The molecule has 0 nitrogen and oxygen atoms in total. The molecule has 3 heteroatoms. The fraction of sp³-hybridized carbons (Fsp3) is 0.429. The summed E-state index contributed by atoms with van der Waals surface area (Å²) in [7, 11) is -0.484. The third kappa shape index (κ3) is 13.0. The van der Waals surface area contributed by atoms with Gasteiger partial charge in [-0.15, -0.1) is 0 Å². The molecular formula is C63H84Si2Sn. The van der Waals surface area contributed by atoms with Crippen molar-refractivity contribution < 1.29 is 0 Å². The Kier molecular flexibility index (Phi) is 19.6. The standard InChI is InChI=1S/C45H69Si2.3C6H5.Sn/c1-25(2)34-19-37(28(7)8)43(38(20-34)29(9)10)46-47(44-39(30(11)12)21-35(26(3)4)22-40(44)31(13)14)45-41(32(15)16)23-36(27(5)6)24-42(45)33(17)18;3*1-2-4-6-5-3-1;/h19-33H,1-18H3;3*1-5H;. The van der Waals surface area contributed by atoms with Crippen LogP contribution in [0.5, 0.6) is 0 Å². The Morgan fingerprint density at radius 1 is 0.303 bits per heavy atom. The van der Waals surface area contributed by atoms with Gasteiger partial charge >= 0.3 is 121 Å². The van der Waals surface area contributed by atoms with Crippen molar-refractivity contribution in [2.75, 3.05) is 0 Å². The molecule has 6 aromatic rings. The van der Waals surface area contributed by atoms with Crippen molar-refractivity contribution in [3.63, 3.8) is 0 Å². The van der Waals surface area contributed by atoms with Gasteiger partial charge in [0, 0.05) is 8.61 Å². The SMILES string of the molecule is CC(C)c1cc(C(C)C)c([Si]=[Si](c2c(C(C)C)cc(C(C)C)cc2C(C)C)c2c(C(C)C)cc(C(C)C)cc2C(C)C)c(C(C)C)c1.c1cc[c]([Sn]([c]2ccccc2)[c]2ccccc2)cc1. The van der Waals surface area contributed by atoms with Crippen LogP contribution < -0.4 is 26.3 Å². The molecule has 66 heavy (non-hydrogen) atoms. The van der Waals surface area contributed by atoms with Crippen LogP contribution in [-0.4, -0.2) is 36.3 Å². The Labute approximate surface area is 415 Å². The first-order chi connectivity index (χ1) is 31.2. The predicted octanol–water partition coefficient (Wildman–Crippen LogP) is 14.1. The quantitative estimate of drug-likeness (QED) is 0.0900. The van der Waals surface area contributed by atoms with Crippen LogP contribution >= 0.6 is 0 Å². The summed E-state index contributed by atoms with van der Waals surface area (Å²) in [5, 5.41) is 5.12. The molecule has 0 aliphatic carbocycles. The van der Waals surface area contributed by atoms with Crippen LogP contribution in [0, 0.1) is 0 Å². The first-order valence-corrected chi connectivity index (χ1v) is 33.2. The van der Waals surface area contributed by atoms with Crippen LogP contribution in [0.3, 0.4) is 0 Å². The minimum absolute atomic E-state index is 0.475. The van der Waals surface area contributed by atoms with E-state index in [-0.39, 0.29) is 0 Å². The molecule has 0 aliphatic rings. The molecule has 0 fully saturated rings. The van der Waals surface area contributed by atoms with Crippen molar-refractivity contribution in [1.29, 1.82) is 0 Å². The average Bonchev–Trinajstić information content (AvgIpc) is 3.28. The third-order valence-electron chi connectivity index (χ3n) is 13.3. The number of benzene rings is 6. The monoisotopic (exact) mass is 1020 g/mol. The van der Waals surface area contributed by atoms with Crippen molar-refractivity contribution in [1.82, 2.24) is 0 Å². The molecule has 0 saturated carbocycles. The van der Waals surface area contributed by atoms with Crippen molar-refractivity contribution in [3.8, 4) is 0 Å². The van der Waals surface area contributed by atoms with Crippen LogP contribution in [0.1, 0.15) is 228 Å². The third-order valence-corrected chi connectivity index (χ3v) is 27.4. The van der Waals surface area contributed by atoms with Crippen LogP contribution in [0.2, 0.25) is 0 Å². The zero-order valence-corrected chi connectivity index (χ0v) is 49.2. The van der Waals surface area contributed by atoms with Crippen molar-refractivity contribution in [2.45, 2.75) is 178 Å². The Balaban J connectivity index is 0.000000353. The van der Waals surface area contributed by atoms with E-state index >= 15 is 0 Å². The summed E-state index contributed by atoms with van der Waals surface area (Å²) in [5.41, 5.74) is 14.1. The summed E-state index contributed by atoms with van der Waals surface area (Å²) >= 11 is -1.98. The Hall–Kier alpha value is -3.45. The Bertz CT molecular complexity index is 2240. The van der Waals surface area contributed by atoms with Crippen molar-refractivity contribution in [2.24, 2.45) is 0 Å². The molecule has 6 aromatic carbocycles. The van der Waals surface area contributed by atoms with Gasteiger partial charge < -0.3 is 0 Å². The van der Waals surface area contributed by atoms with Crippen molar-refractivity contribution >= 4 is 62.6 Å². The number of hydrogen-bond donors (Lipinski definition) is 0. The van der Waals surface area contributed by atoms with Gasteiger partial charge in [-0.1, -0.05) is 161 Å². The second-order valence-electron chi connectivity index (χ2n) is 21.6. The van der Waals surface area contributed by atoms with Gasteiger partial charge in [-0.05, 0) is 119 Å². The predicted molar refractivity (Wildman–Crippen MR) is 301 cm³/mol. The number of rotatable bonds is 15. The molecule has 0 bridgehead atoms. The molecule has 0 unspecified atom stereocenters. The number of hydrogen-bond acceptors (Lipinski definition) is 0. The van der Waals surface area contributed by atoms with Crippen molar-refractivity contribution in [3.05, 3.63) is 177 Å². The molecule has 0 N–H and O–H groups in total. The van der Waals surface area contributed by atoms with Gasteiger partial charge in [0.2, 0.25) is 0 Å². The van der Waals surface area contributed by atoms with Gasteiger partial charge in [0.15, 0.2) is 0 Å². The minimum atomic E-state index is -1.98. The van der Waals surface area contributed by atoms with Crippen LogP contribution in [-0.2, 0) is 0 Å². The molecule has 348 valence electrons. The van der Waals surface area contributed by atoms with Crippen LogP contribution in [0.15, 0.2) is 127 Å². The molecule has 0 atom stereocenters. The first kappa shape index (κ1) is 53.5. The molecular weight excluding hydrogens is 932 g/mol. The van der Waals surface area contributed by atoms with Gasteiger partial charge in [0.1, 0.15) is 0 Å². The van der Waals surface area contributed by atoms with E-state index in [2.05, 4.69) is 252 Å². The zero-order valence-electron chi connectivity index (χ0n) is 44.3. The van der Waals surface area contributed by atoms with E-state index < -0.39 is 27.6 Å². The van der Waals surface area contributed by atoms with E-state index in [0.29, 0.717) is 53.3 Å². The summed E-state index contributed by atoms with van der Waals surface area (Å²) < 4.78 is 4.59. The maximum absolute atomic E-state index is 2.62. The normalized spacial score (nSPS) is 11.9. The topological polar surface area (TPSA) is 0 Å². The molecule has 0 spiro atoms. The molecule has 0 amide bonds. The molecule has 0 saturated heterocycles. The molecule has 0 heterocycles. The van der Waals surface area contributed by atoms with E-state index in [0.717, 1.165) is 8.61 Å². The van der Waals surface area contributed by atoms with E-state index in [9.17, 15) is 0 Å². The van der Waals surface area contributed by atoms with E-state index in [1.165, 1.54) is 27.4 Å². The molecule has 2 radical (unpaired) electrons. The molecule has 0 aromatic heterocycles. The van der Waals surface area contributed by atoms with E-state index in [1.807, 2.05) is 0 Å². The second-order valence-corrected chi connectivity index (χ2v) is 33.4. The summed E-state index contributed by atoms with van der Waals surface area (Å²) in [4.78, 5) is 0. The maximum atomic E-state index is 2.62.